The molecule has 0 saturated heterocycles. The van der Waals surface area contributed by atoms with Gasteiger partial charge in [-0.15, -0.1) is 6.58 Å². The second kappa shape index (κ2) is 6.22. The predicted octanol–water partition coefficient (Wildman–Crippen LogP) is 2.01. The van der Waals surface area contributed by atoms with Gasteiger partial charge in [0.25, 0.3) is 0 Å². The summed E-state index contributed by atoms with van der Waals surface area (Å²) in [6.07, 6.45) is 2.75. The van der Waals surface area contributed by atoms with E-state index in [1.165, 1.54) is 5.56 Å². The third-order valence-corrected chi connectivity index (χ3v) is 1.95. The summed E-state index contributed by atoms with van der Waals surface area (Å²) >= 11 is 0. The van der Waals surface area contributed by atoms with Crippen LogP contribution in [0.3, 0.4) is 0 Å². The Kier molecular flexibility index (Phi) is 4.79. The van der Waals surface area contributed by atoms with E-state index in [1.54, 1.807) is 0 Å². The maximum atomic E-state index is 5.62. The highest BCUT2D eigenvalue weighted by atomic mass is 16.5. The highest BCUT2D eigenvalue weighted by molar-refractivity contribution is 5.34. The highest BCUT2D eigenvalue weighted by Gasteiger charge is 1.99. The summed E-state index contributed by atoms with van der Waals surface area (Å²) < 4.78 is 5.62. The van der Waals surface area contributed by atoms with Gasteiger partial charge in [-0.05, 0) is 25.1 Å². The number of likely N-dealkylation sites (N-methyl/N-ethyl adjacent to an activating group) is 1. The molecule has 1 N–H and O–H groups in total. The molecule has 0 aromatic heterocycles. The van der Waals surface area contributed by atoms with E-state index in [-0.39, 0.29) is 0 Å². The zero-order valence-electron chi connectivity index (χ0n) is 8.62. The minimum Gasteiger partial charge on any atom is -0.492 e. The first-order valence-corrected chi connectivity index (χ1v) is 4.84. The van der Waals surface area contributed by atoms with E-state index in [0.29, 0.717) is 6.61 Å². The van der Waals surface area contributed by atoms with E-state index in [1.807, 2.05) is 31.3 Å². The van der Waals surface area contributed by atoms with E-state index < -0.39 is 0 Å². The Balaban J connectivity index is 2.59. The lowest BCUT2D eigenvalue weighted by molar-refractivity contribution is 0.316. The lowest BCUT2D eigenvalue weighted by atomic mass is 10.1. The number of hydrogen-bond donors (Lipinski definition) is 1. The molecule has 1 aromatic carbocycles. The molecule has 0 bridgehead atoms. The van der Waals surface area contributed by atoms with Crippen LogP contribution in [0.15, 0.2) is 36.9 Å². The molecule has 76 valence electrons. The molecule has 2 nitrogen and oxygen atoms in total. The number of ether oxygens (including phenoxy) is 1. The molecule has 1 rings (SSSR count). The molecule has 14 heavy (non-hydrogen) atoms. The number of rotatable bonds is 6. The maximum Gasteiger partial charge on any atom is 0.122 e. The van der Waals surface area contributed by atoms with Crippen molar-refractivity contribution in [3.8, 4) is 5.75 Å². The topological polar surface area (TPSA) is 21.3 Å². The van der Waals surface area contributed by atoms with Crippen molar-refractivity contribution in [3.63, 3.8) is 0 Å². The van der Waals surface area contributed by atoms with Crippen LogP contribution in [0.4, 0.5) is 0 Å². The van der Waals surface area contributed by atoms with Gasteiger partial charge in [0.2, 0.25) is 0 Å². The molecule has 0 heterocycles. The predicted molar refractivity (Wildman–Crippen MR) is 59.8 cm³/mol. The van der Waals surface area contributed by atoms with Crippen LogP contribution in [0.5, 0.6) is 5.75 Å². The average Bonchev–Trinajstić information content (AvgIpc) is 2.21. The number of nitrogens with one attached hydrogen (secondary N) is 1. The van der Waals surface area contributed by atoms with Gasteiger partial charge in [-0.2, -0.15) is 0 Å². The number of hydrogen-bond acceptors (Lipinski definition) is 2. The van der Waals surface area contributed by atoms with Crippen LogP contribution in [0.2, 0.25) is 0 Å². The van der Waals surface area contributed by atoms with E-state index in [0.717, 1.165) is 18.7 Å². The summed E-state index contributed by atoms with van der Waals surface area (Å²) in [5.41, 5.74) is 1.19. The van der Waals surface area contributed by atoms with Crippen LogP contribution in [0.1, 0.15) is 5.56 Å². The smallest absolute Gasteiger partial charge is 0.122 e. The first-order valence-electron chi connectivity index (χ1n) is 4.84. The van der Waals surface area contributed by atoms with Gasteiger partial charge in [0.1, 0.15) is 12.4 Å². The largest absolute Gasteiger partial charge is 0.492 e. The standard InChI is InChI=1S/C12H17NO/c1-3-6-11-7-4-5-8-12(11)14-10-9-13-2/h3-5,7-8,13H,1,6,9-10H2,2H3. The van der Waals surface area contributed by atoms with Gasteiger partial charge in [-0.1, -0.05) is 24.3 Å². The molecule has 0 atom stereocenters. The van der Waals surface area contributed by atoms with Gasteiger partial charge in [0.05, 0.1) is 0 Å². The van der Waals surface area contributed by atoms with Crippen molar-refractivity contribution in [2.24, 2.45) is 0 Å². The Morgan fingerprint density at radius 1 is 1.43 bits per heavy atom. The van der Waals surface area contributed by atoms with Crippen molar-refractivity contribution in [2.45, 2.75) is 6.42 Å². The summed E-state index contributed by atoms with van der Waals surface area (Å²) in [5, 5.41) is 3.04. The molecular weight excluding hydrogens is 174 g/mol. The number of para-hydroxylation sites is 1. The van der Waals surface area contributed by atoms with E-state index in [4.69, 9.17) is 4.74 Å². The fraction of sp³-hybridized carbons (Fsp3) is 0.333. The monoisotopic (exact) mass is 191 g/mol. The fourth-order valence-corrected chi connectivity index (χ4v) is 1.23. The van der Waals surface area contributed by atoms with E-state index in [2.05, 4.69) is 18.0 Å². The summed E-state index contributed by atoms with van der Waals surface area (Å²) in [5.74, 6) is 0.961. The average molecular weight is 191 g/mol. The molecule has 0 aliphatic carbocycles. The molecule has 0 fully saturated rings. The Morgan fingerprint density at radius 2 is 2.21 bits per heavy atom. The van der Waals surface area contributed by atoms with Crippen molar-refractivity contribution in [2.75, 3.05) is 20.2 Å². The van der Waals surface area contributed by atoms with Gasteiger partial charge in [-0.3, -0.25) is 0 Å². The Morgan fingerprint density at radius 3 is 2.93 bits per heavy atom. The van der Waals surface area contributed by atoms with Gasteiger partial charge < -0.3 is 10.1 Å². The van der Waals surface area contributed by atoms with Crippen LogP contribution in [0, 0.1) is 0 Å². The van der Waals surface area contributed by atoms with Crippen molar-refractivity contribution < 1.29 is 4.74 Å². The van der Waals surface area contributed by atoms with Crippen molar-refractivity contribution in [1.29, 1.82) is 0 Å². The Bertz CT molecular complexity index is 283. The molecule has 0 aliphatic heterocycles. The Labute approximate surface area is 85.6 Å². The molecule has 0 aliphatic rings. The van der Waals surface area contributed by atoms with E-state index >= 15 is 0 Å². The third-order valence-electron chi connectivity index (χ3n) is 1.95. The molecule has 2 heteroatoms. The van der Waals surface area contributed by atoms with Crippen LogP contribution >= 0.6 is 0 Å². The molecule has 0 spiro atoms. The van der Waals surface area contributed by atoms with Crippen molar-refractivity contribution >= 4 is 0 Å². The zero-order valence-corrected chi connectivity index (χ0v) is 8.62. The SMILES string of the molecule is C=CCc1ccccc1OCCNC. The summed E-state index contributed by atoms with van der Waals surface area (Å²) in [6, 6.07) is 8.07. The fourth-order valence-electron chi connectivity index (χ4n) is 1.23. The van der Waals surface area contributed by atoms with Gasteiger partial charge in [0.15, 0.2) is 0 Å². The van der Waals surface area contributed by atoms with Crippen LogP contribution in [0.25, 0.3) is 0 Å². The van der Waals surface area contributed by atoms with E-state index in [9.17, 15) is 0 Å². The second-order valence-corrected chi connectivity index (χ2v) is 3.05. The molecule has 0 amide bonds. The molecule has 0 radical (unpaired) electrons. The maximum absolute atomic E-state index is 5.62. The molecule has 0 unspecified atom stereocenters. The van der Waals surface area contributed by atoms with Crippen LogP contribution in [-0.2, 0) is 6.42 Å². The number of allylic oxidation sites excluding steroid dienone is 1. The first-order chi connectivity index (χ1) is 6.88. The highest BCUT2D eigenvalue weighted by Crippen LogP contribution is 2.18. The summed E-state index contributed by atoms with van der Waals surface area (Å²) in [6.45, 7) is 5.29. The quantitative estimate of drug-likeness (QED) is 0.548. The third kappa shape index (κ3) is 3.23. The summed E-state index contributed by atoms with van der Waals surface area (Å²) in [4.78, 5) is 0. The lowest BCUT2D eigenvalue weighted by Crippen LogP contribution is -2.16. The zero-order chi connectivity index (χ0) is 10.2. The van der Waals surface area contributed by atoms with Gasteiger partial charge in [0, 0.05) is 6.54 Å². The first kappa shape index (κ1) is 10.8. The van der Waals surface area contributed by atoms with Crippen LogP contribution in [-0.4, -0.2) is 20.2 Å². The molecule has 1 aromatic rings. The summed E-state index contributed by atoms with van der Waals surface area (Å²) in [7, 11) is 1.92. The molecule has 0 saturated carbocycles. The van der Waals surface area contributed by atoms with Crippen molar-refractivity contribution in [3.05, 3.63) is 42.5 Å². The normalized spacial score (nSPS) is 9.79. The number of benzene rings is 1. The van der Waals surface area contributed by atoms with Crippen molar-refractivity contribution in [1.82, 2.24) is 5.32 Å². The minimum absolute atomic E-state index is 0.699. The second-order valence-electron chi connectivity index (χ2n) is 3.05. The van der Waals surface area contributed by atoms with Crippen LogP contribution < -0.4 is 10.1 Å². The minimum atomic E-state index is 0.699. The van der Waals surface area contributed by atoms with Gasteiger partial charge in [-0.25, -0.2) is 0 Å². The molecular formula is C12H17NO. The lowest BCUT2D eigenvalue weighted by Gasteiger charge is -2.09. The van der Waals surface area contributed by atoms with Gasteiger partial charge >= 0.3 is 0 Å². The Hall–Kier alpha value is -1.28.